The van der Waals surface area contributed by atoms with Crippen molar-refractivity contribution < 1.29 is 33.3 Å². The van der Waals surface area contributed by atoms with Gasteiger partial charge in [0.25, 0.3) is 0 Å². The molecule has 0 radical (unpaired) electrons. The van der Waals surface area contributed by atoms with Crippen LogP contribution >= 0.6 is 11.6 Å². The van der Waals surface area contributed by atoms with E-state index in [0.29, 0.717) is 24.9 Å². The maximum absolute atomic E-state index is 16.2. The molecule has 3 atom stereocenters. The summed E-state index contributed by atoms with van der Waals surface area (Å²) in [6, 6.07) is 13.4. The van der Waals surface area contributed by atoms with Crippen LogP contribution in [0.25, 0.3) is 11.1 Å². The molecule has 0 aromatic heterocycles. The monoisotopic (exact) mass is 614 g/mol. The SMILES string of the molecule is C[C@H](O)COc1ccc(C(N)=O)c(-c2c(Cl)c(F)cc3c2[C@H](C)[C@@](CN[C@H]2CC[C@](C)(O)CC2)(c2ccccc2)O3)c1F. The summed E-state index contributed by atoms with van der Waals surface area (Å²) in [5, 5.41) is 23.4. The number of primary amides is 1. The summed E-state index contributed by atoms with van der Waals surface area (Å²) in [7, 11) is 0. The highest BCUT2D eigenvalue weighted by Crippen LogP contribution is 2.56. The number of fused-ring (bicyclic) bond motifs is 1. The zero-order valence-corrected chi connectivity index (χ0v) is 25.2. The van der Waals surface area contributed by atoms with Gasteiger partial charge in [0, 0.05) is 41.3 Å². The van der Waals surface area contributed by atoms with Crippen LogP contribution in [0.3, 0.4) is 0 Å². The smallest absolute Gasteiger partial charge is 0.249 e. The van der Waals surface area contributed by atoms with Crippen molar-refractivity contribution in [2.45, 2.75) is 75.7 Å². The molecular weight excluding hydrogens is 578 g/mol. The third kappa shape index (κ3) is 5.96. The first-order chi connectivity index (χ1) is 20.3. The van der Waals surface area contributed by atoms with Crippen LogP contribution in [0.4, 0.5) is 8.78 Å². The minimum atomic E-state index is -1.04. The van der Waals surface area contributed by atoms with Gasteiger partial charge in [-0.05, 0) is 57.2 Å². The molecule has 10 heteroatoms. The number of carbonyl (C=O) groups excluding carboxylic acids is 1. The standard InChI is InChI=1S/C33H37ClF2N2O5/c1-18(39)16-42-24-10-9-22(31(37)40)27(30(24)36)28-26-19(2)33(20-7-5-4-6-8-20,43-25(26)15-23(35)29(28)34)17-38-21-11-13-32(3,41)14-12-21/h4-10,15,18-19,21,38-39,41H,11-14,16-17H2,1-3H3,(H2,37,40)/t18-,19-,21-,32-,33-/m0/s1. The Morgan fingerprint density at radius 3 is 2.49 bits per heavy atom. The second kappa shape index (κ2) is 12.0. The summed E-state index contributed by atoms with van der Waals surface area (Å²) in [6.07, 6.45) is 1.98. The Morgan fingerprint density at radius 1 is 1.19 bits per heavy atom. The van der Waals surface area contributed by atoms with Gasteiger partial charge in [0.2, 0.25) is 5.91 Å². The van der Waals surface area contributed by atoms with E-state index in [1.54, 1.807) is 0 Å². The number of nitrogens with two attached hydrogens (primary N) is 1. The van der Waals surface area contributed by atoms with Crippen molar-refractivity contribution in [1.82, 2.24) is 5.32 Å². The number of aliphatic hydroxyl groups is 2. The highest BCUT2D eigenvalue weighted by Gasteiger charge is 2.50. The lowest BCUT2D eigenvalue weighted by Crippen LogP contribution is -2.49. The van der Waals surface area contributed by atoms with Gasteiger partial charge in [-0.1, -0.05) is 48.9 Å². The van der Waals surface area contributed by atoms with Crippen LogP contribution in [0.2, 0.25) is 5.02 Å². The Balaban J connectivity index is 1.64. The minimum absolute atomic E-state index is 0.0375. The third-order valence-electron chi connectivity index (χ3n) is 8.73. The van der Waals surface area contributed by atoms with E-state index in [2.05, 4.69) is 5.32 Å². The van der Waals surface area contributed by atoms with Crippen molar-refractivity contribution >= 4 is 17.5 Å². The second-order valence-electron chi connectivity index (χ2n) is 12.0. The Morgan fingerprint density at radius 2 is 1.86 bits per heavy atom. The molecule has 3 aromatic rings. The summed E-state index contributed by atoms with van der Waals surface area (Å²) in [6.45, 7) is 5.36. The van der Waals surface area contributed by atoms with Crippen molar-refractivity contribution in [2.75, 3.05) is 13.2 Å². The lowest BCUT2D eigenvalue weighted by atomic mass is 9.77. The summed E-state index contributed by atoms with van der Waals surface area (Å²) in [5.41, 5.74) is 4.65. The number of halogens is 3. The van der Waals surface area contributed by atoms with Crippen LogP contribution in [0.15, 0.2) is 48.5 Å². The van der Waals surface area contributed by atoms with Crippen molar-refractivity contribution in [3.8, 4) is 22.6 Å². The molecular formula is C33H37ClF2N2O5. The Hall–Kier alpha value is -3.24. The van der Waals surface area contributed by atoms with Crippen molar-refractivity contribution in [3.63, 3.8) is 0 Å². The lowest BCUT2D eigenvalue weighted by Gasteiger charge is -2.38. The zero-order chi connectivity index (χ0) is 31.1. The van der Waals surface area contributed by atoms with Gasteiger partial charge in [0.05, 0.1) is 22.3 Å². The largest absolute Gasteiger partial charge is 0.488 e. The molecule has 0 unspecified atom stereocenters. The topological polar surface area (TPSA) is 114 Å². The van der Waals surface area contributed by atoms with Gasteiger partial charge in [-0.2, -0.15) is 0 Å². The van der Waals surface area contributed by atoms with E-state index in [1.165, 1.54) is 25.1 Å². The Kier molecular flexibility index (Phi) is 8.73. The average molecular weight is 615 g/mol. The van der Waals surface area contributed by atoms with Crippen molar-refractivity contribution in [1.29, 1.82) is 0 Å². The number of amides is 1. The van der Waals surface area contributed by atoms with Gasteiger partial charge in [-0.3, -0.25) is 4.79 Å². The Bertz CT molecular complexity index is 1510. The fraction of sp³-hybridized carbons (Fsp3) is 0.424. The van der Waals surface area contributed by atoms with Gasteiger partial charge in [-0.15, -0.1) is 0 Å². The summed E-state index contributed by atoms with van der Waals surface area (Å²) >= 11 is 6.60. The number of aliphatic hydroxyl groups excluding tert-OH is 1. The van der Waals surface area contributed by atoms with E-state index < -0.39 is 40.8 Å². The number of rotatable bonds is 9. The number of nitrogens with one attached hydrogen (secondary N) is 1. The molecule has 43 heavy (non-hydrogen) atoms. The first-order valence-electron chi connectivity index (χ1n) is 14.5. The third-order valence-corrected chi connectivity index (χ3v) is 9.10. The first kappa shape index (κ1) is 31.2. The maximum Gasteiger partial charge on any atom is 0.249 e. The number of ether oxygens (including phenoxy) is 2. The minimum Gasteiger partial charge on any atom is -0.488 e. The van der Waals surface area contributed by atoms with Gasteiger partial charge < -0.3 is 30.7 Å². The number of carbonyl (C=O) groups is 1. The molecule has 0 saturated heterocycles. The van der Waals surface area contributed by atoms with E-state index in [0.717, 1.165) is 18.4 Å². The fourth-order valence-electron chi connectivity index (χ4n) is 6.28. The maximum atomic E-state index is 16.2. The van der Waals surface area contributed by atoms with E-state index >= 15 is 8.78 Å². The number of hydrogen-bond acceptors (Lipinski definition) is 6. The zero-order valence-electron chi connectivity index (χ0n) is 24.4. The molecule has 0 bridgehead atoms. The fourth-order valence-corrected chi connectivity index (χ4v) is 6.53. The van der Waals surface area contributed by atoms with Crippen molar-refractivity contribution in [2.24, 2.45) is 5.73 Å². The molecule has 1 aliphatic heterocycles. The Labute approximate surface area is 255 Å². The normalized spacial score (nSPS) is 25.6. The van der Waals surface area contributed by atoms with Crippen LogP contribution in [0.1, 0.15) is 73.9 Å². The molecule has 1 aliphatic carbocycles. The van der Waals surface area contributed by atoms with E-state index in [-0.39, 0.29) is 45.9 Å². The van der Waals surface area contributed by atoms with Crippen LogP contribution in [0.5, 0.6) is 11.5 Å². The molecule has 2 aliphatic rings. The van der Waals surface area contributed by atoms with Crippen molar-refractivity contribution in [3.05, 3.63) is 81.9 Å². The van der Waals surface area contributed by atoms with Gasteiger partial charge >= 0.3 is 0 Å². The van der Waals surface area contributed by atoms with Gasteiger partial charge in [0.15, 0.2) is 17.2 Å². The molecule has 1 saturated carbocycles. The quantitative estimate of drug-likeness (QED) is 0.242. The molecule has 3 aromatic carbocycles. The second-order valence-corrected chi connectivity index (χ2v) is 12.4. The summed E-state index contributed by atoms with van der Waals surface area (Å²) < 4.78 is 43.9. The predicted molar refractivity (Wildman–Crippen MR) is 161 cm³/mol. The molecule has 1 amide bonds. The highest BCUT2D eigenvalue weighted by molar-refractivity contribution is 6.34. The molecule has 230 valence electrons. The van der Waals surface area contributed by atoms with Gasteiger partial charge in [0.1, 0.15) is 18.2 Å². The summed E-state index contributed by atoms with van der Waals surface area (Å²) in [4.78, 5) is 12.6. The molecule has 1 fully saturated rings. The van der Waals surface area contributed by atoms with E-state index in [1.807, 2.05) is 44.2 Å². The molecule has 5 rings (SSSR count). The van der Waals surface area contributed by atoms with Crippen LogP contribution in [-0.2, 0) is 5.60 Å². The number of benzene rings is 3. The lowest BCUT2D eigenvalue weighted by molar-refractivity contribution is 0.00890. The highest BCUT2D eigenvalue weighted by atomic mass is 35.5. The molecule has 7 nitrogen and oxygen atoms in total. The van der Waals surface area contributed by atoms with Crippen LogP contribution in [0, 0.1) is 11.6 Å². The van der Waals surface area contributed by atoms with Crippen LogP contribution < -0.4 is 20.5 Å². The molecule has 5 N–H and O–H groups in total. The molecule has 0 spiro atoms. The van der Waals surface area contributed by atoms with E-state index in [4.69, 9.17) is 26.8 Å². The van der Waals surface area contributed by atoms with E-state index in [9.17, 15) is 15.0 Å². The molecule has 1 heterocycles. The average Bonchev–Trinajstić information content (AvgIpc) is 3.24. The first-order valence-corrected chi connectivity index (χ1v) is 14.9. The predicted octanol–water partition coefficient (Wildman–Crippen LogP) is 5.82. The van der Waals surface area contributed by atoms with Crippen LogP contribution in [-0.4, -0.2) is 47.0 Å². The van der Waals surface area contributed by atoms with Gasteiger partial charge in [-0.25, -0.2) is 8.78 Å². The summed E-state index contributed by atoms with van der Waals surface area (Å²) in [5.74, 6) is -3.31. The number of hydrogen-bond donors (Lipinski definition) is 4.